The summed E-state index contributed by atoms with van der Waals surface area (Å²) in [5.41, 5.74) is 2.10. The van der Waals surface area contributed by atoms with E-state index in [4.69, 9.17) is 4.55 Å². The molecule has 0 bridgehead atoms. The van der Waals surface area contributed by atoms with Crippen LogP contribution in [-0.2, 0) is 23.0 Å². The topological polar surface area (TPSA) is 54.4 Å². The molecule has 0 radical (unpaired) electrons. The molecule has 1 aromatic rings. The van der Waals surface area contributed by atoms with Crippen LogP contribution >= 0.6 is 0 Å². The van der Waals surface area contributed by atoms with Crippen molar-refractivity contribution in [1.29, 1.82) is 0 Å². The lowest BCUT2D eigenvalue weighted by Gasteiger charge is -2.11. The Labute approximate surface area is 82.8 Å². The average molecular weight is 210 g/mol. The van der Waals surface area contributed by atoms with E-state index in [0.717, 1.165) is 24.0 Å². The quantitative estimate of drug-likeness (QED) is 0.565. The highest BCUT2D eigenvalue weighted by Crippen LogP contribution is 2.20. The SMILES string of the molecule is O=S(=O)(O)c1ccc2c(c1)CC=CC2. The van der Waals surface area contributed by atoms with E-state index in [9.17, 15) is 8.42 Å². The summed E-state index contributed by atoms with van der Waals surface area (Å²) in [7, 11) is -4.06. The minimum atomic E-state index is -4.06. The van der Waals surface area contributed by atoms with Crippen molar-refractivity contribution in [3.8, 4) is 0 Å². The van der Waals surface area contributed by atoms with E-state index in [-0.39, 0.29) is 4.90 Å². The fourth-order valence-corrected chi connectivity index (χ4v) is 2.10. The van der Waals surface area contributed by atoms with E-state index in [1.54, 1.807) is 6.07 Å². The van der Waals surface area contributed by atoms with Gasteiger partial charge in [-0.05, 0) is 36.1 Å². The third-order valence-electron chi connectivity index (χ3n) is 2.32. The molecule has 0 spiro atoms. The van der Waals surface area contributed by atoms with Gasteiger partial charge in [0.25, 0.3) is 10.1 Å². The van der Waals surface area contributed by atoms with Gasteiger partial charge in [-0.2, -0.15) is 8.42 Å². The van der Waals surface area contributed by atoms with E-state index < -0.39 is 10.1 Å². The van der Waals surface area contributed by atoms with Crippen molar-refractivity contribution in [3.05, 3.63) is 41.5 Å². The molecule has 0 saturated heterocycles. The van der Waals surface area contributed by atoms with Crippen LogP contribution in [0.2, 0.25) is 0 Å². The molecule has 1 aliphatic carbocycles. The monoisotopic (exact) mass is 210 g/mol. The molecule has 0 amide bonds. The van der Waals surface area contributed by atoms with Gasteiger partial charge in [0.1, 0.15) is 0 Å². The molecule has 0 heterocycles. The van der Waals surface area contributed by atoms with Crippen LogP contribution in [0.1, 0.15) is 11.1 Å². The molecule has 0 atom stereocenters. The van der Waals surface area contributed by atoms with Crippen LogP contribution in [0, 0.1) is 0 Å². The second-order valence-corrected chi connectivity index (χ2v) is 4.71. The maximum absolute atomic E-state index is 10.9. The molecule has 0 aromatic heterocycles. The molecule has 74 valence electrons. The van der Waals surface area contributed by atoms with Gasteiger partial charge in [-0.15, -0.1) is 0 Å². The van der Waals surface area contributed by atoms with E-state index in [2.05, 4.69) is 6.08 Å². The first kappa shape index (κ1) is 9.43. The Morgan fingerprint density at radius 2 is 1.71 bits per heavy atom. The Hall–Kier alpha value is -1.13. The molecule has 0 fully saturated rings. The van der Waals surface area contributed by atoms with Gasteiger partial charge in [0.15, 0.2) is 0 Å². The molecule has 1 aromatic carbocycles. The number of fused-ring (bicyclic) bond motifs is 1. The highest BCUT2D eigenvalue weighted by Gasteiger charge is 2.12. The van der Waals surface area contributed by atoms with Crippen LogP contribution in [0.25, 0.3) is 0 Å². The van der Waals surface area contributed by atoms with Gasteiger partial charge in [0.05, 0.1) is 4.90 Å². The first-order valence-corrected chi connectivity index (χ1v) is 5.76. The Bertz CT molecular complexity index is 486. The van der Waals surface area contributed by atoms with Crippen LogP contribution in [-0.4, -0.2) is 13.0 Å². The largest absolute Gasteiger partial charge is 0.294 e. The van der Waals surface area contributed by atoms with Crippen LogP contribution in [0.15, 0.2) is 35.2 Å². The van der Waals surface area contributed by atoms with Crippen LogP contribution in [0.5, 0.6) is 0 Å². The first-order chi connectivity index (χ1) is 6.57. The van der Waals surface area contributed by atoms with E-state index >= 15 is 0 Å². The van der Waals surface area contributed by atoms with Crippen molar-refractivity contribution >= 4 is 10.1 Å². The van der Waals surface area contributed by atoms with Gasteiger partial charge in [-0.1, -0.05) is 18.2 Å². The van der Waals surface area contributed by atoms with Gasteiger partial charge >= 0.3 is 0 Å². The highest BCUT2D eigenvalue weighted by molar-refractivity contribution is 7.85. The van der Waals surface area contributed by atoms with Crippen LogP contribution in [0.3, 0.4) is 0 Å². The fraction of sp³-hybridized carbons (Fsp3) is 0.200. The smallest absolute Gasteiger partial charge is 0.282 e. The predicted molar refractivity (Wildman–Crippen MR) is 52.8 cm³/mol. The number of allylic oxidation sites excluding steroid dienone is 2. The summed E-state index contributed by atoms with van der Waals surface area (Å²) in [6, 6.07) is 4.73. The maximum atomic E-state index is 10.9. The molecule has 3 nitrogen and oxygen atoms in total. The Morgan fingerprint density at radius 1 is 1.07 bits per heavy atom. The summed E-state index contributed by atoms with van der Waals surface area (Å²) in [6.45, 7) is 0. The van der Waals surface area contributed by atoms with Gasteiger partial charge in [0, 0.05) is 0 Å². The molecule has 4 heteroatoms. The molecule has 0 saturated carbocycles. The third kappa shape index (κ3) is 1.71. The highest BCUT2D eigenvalue weighted by atomic mass is 32.2. The standard InChI is InChI=1S/C10H10O3S/c11-14(12,13)10-6-5-8-3-1-2-4-9(8)7-10/h1-2,5-7H,3-4H2,(H,11,12,13). The van der Waals surface area contributed by atoms with Gasteiger partial charge < -0.3 is 0 Å². The predicted octanol–water partition coefficient (Wildman–Crippen LogP) is 1.59. The van der Waals surface area contributed by atoms with Crippen LogP contribution < -0.4 is 0 Å². The van der Waals surface area contributed by atoms with Crippen molar-refractivity contribution in [3.63, 3.8) is 0 Å². The molecule has 0 unspecified atom stereocenters. The van der Waals surface area contributed by atoms with Crippen molar-refractivity contribution in [2.75, 3.05) is 0 Å². The Morgan fingerprint density at radius 3 is 2.36 bits per heavy atom. The second-order valence-electron chi connectivity index (χ2n) is 3.29. The van der Waals surface area contributed by atoms with Gasteiger partial charge in [0.2, 0.25) is 0 Å². The Kier molecular flexibility index (Phi) is 2.17. The third-order valence-corrected chi connectivity index (χ3v) is 3.17. The van der Waals surface area contributed by atoms with E-state index in [0.29, 0.717) is 0 Å². The first-order valence-electron chi connectivity index (χ1n) is 4.32. The number of hydrogen-bond donors (Lipinski definition) is 1. The minimum absolute atomic E-state index is 0.0217. The van der Waals surface area contributed by atoms with Crippen molar-refractivity contribution in [2.45, 2.75) is 17.7 Å². The lowest BCUT2D eigenvalue weighted by atomic mass is 9.97. The molecule has 0 aliphatic heterocycles. The van der Waals surface area contributed by atoms with E-state index in [1.165, 1.54) is 12.1 Å². The number of rotatable bonds is 1. The average Bonchev–Trinajstić information content (AvgIpc) is 2.16. The summed E-state index contributed by atoms with van der Waals surface area (Å²) in [5.74, 6) is 0. The molecule has 14 heavy (non-hydrogen) atoms. The molecular weight excluding hydrogens is 200 g/mol. The van der Waals surface area contributed by atoms with Crippen molar-refractivity contribution in [1.82, 2.24) is 0 Å². The number of benzene rings is 1. The zero-order valence-corrected chi connectivity index (χ0v) is 8.29. The normalized spacial score (nSPS) is 15.2. The maximum Gasteiger partial charge on any atom is 0.294 e. The van der Waals surface area contributed by atoms with E-state index in [1.807, 2.05) is 6.08 Å². The van der Waals surface area contributed by atoms with Gasteiger partial charge in [-0.3, -0.25) is 4.55 Å². The molecule has 2 rings (SSSR count). The molecule has 1 aliphatic rings. The van der Waals surface area contributed by atoms with Crippen LogP contribution in [0.4, 0.5) is 0 Å². The summed E-state index contributed by atoms with van der Waals surface area (Å²) in [5, 5.41) is 0. The molecule has 1 N–H and O–H groups in total. The molecular formula is C10H10O3S. The zero-order valence-electron chi connectivity index (χ0n) is 7.47. The zero-order chi connectivity index (χ0) is 10.2. The van der Waals surface area contributed by atoms with Crippen molar-refractivity contribution < 1.29 is 13.0 Å². The summed E-state index contributed by atoms with van der Waals surface area (Å²) in [6.07, 6.45) is 5.62. The Balaban J connectivity index is 2.52. The second kappa shape index (κ2) is 3.22. The van der Waals surface area contributed by atoms with Gasteiger partial charge in [-0.25, -0.2) is 0 Å². The summed E-state index contributed by atoms with van der Waals surface area (Å²) >= 11 is 0. The minimum Gasteiger partial charge on any atom is -0.282 e. The lowest BCUT2D eigenvalue weighted by molar-refractivity contribution is 0.483. The van der Waals surface area contributed by atoms with Crippen molar-refractivity contribution in [2.24, 2.45) is 0 Å². The summed E-state index contributed by atoms with van der Waals surface area (Å²) in [4.78, 5) is -0.0217. The summed E-state index contributed by atoms with van der Waals surface area (Å²) < 4.78 is 30.6. The fourth-order valence-electron chi connectivity index (χ4n) is 1.57. The number of hydrogen-bond acceptors (Lipinski definition) is 2. The lowest BCUT2D eigenvalue weighted by Crippen LogP contribution is -2.03.